The Labute approximate surface area is 153 Å². The molecular weight excluding hydrogens is 355 g/mol. The maximum atomic E-state index is 14.0. The summed E-state index contributed by atoms with van der Waals surface area (Å²) in [4.78, 5) is 14.3. The van der Waals surface area contributed by atoms with Crippen LogP contribution < -0.4 is 9.21 Å². The van der Waals surface area contributed by atoms with Crippen molar-refractivity contribution < 1.29 is 17.6 Å². The Morgan fingerprint density at radius 2 is 1.85 bits per heavy atom. The molecule has 1 aliphatic heterocycles. The van der Waals surface area contributed by atoms with Gasteiger partial charge in [0, 0.05) is 25.2 Å². The molecule has 1 aliphatic rings. The Balaban J connectivity index is 1.66. The first-order valence-electron chi connectivity index (χ1n) is 8.48. The first-order chi connectivity index (χ1) is 12.4. The summed E-state index contributed by atoms with van der Waals surface area (Å²) in [7, 11) is -3.64. The largest absolute Gasteiger partial charge is 0.312 e. The van der Waals surface area contributed by atoms with Crippen molar-refractivity contribution in [1.29, 1.82) is 0 Å². The average molecular weight is 376 g/mol. The third kappa shape index (κ3) is 3.88. The number of nitrogens with zero attached hydrogens (tertiary/aromatic N) is 2. The number of rotatable bonds is 6. The van der Waals surface area contributed by atoms with E-state index >= 15 is 0 Å². The van der Waals surface area contributed by atoms with Crippen LogP contribution in [-0.2, 0) is 21.2 Å². The fourth-order valence-corrected chi connectivity index (χ4v) is 4.19. The molecule has 0 N–H and O–H groups in total. The second-order valence-corrected chi connectivity index (χ2v) is 8.22. The van der Waals surface area contributed by atoms with Crippen molar-refractivity contribution in [2.24, 2.45) is 0 Å². The molecule has 7 heteroatoms. The monoisotopic (exact) mass is 376 g/mol. The van der Waals surface area contributed by atoms with Crippen molar-refractivity contribution in [3.8, 4) is 0 Å². The van der Waals surface area contributed by atoms with Gasteiger partial charge in [-0.15, -0.1) is 0 Å². The van der Waals surface area contributed by atoms with Crippen LogP contribution in [0, 0.1) is 5.82 Å². The Morgan fingerprint density at radius 3 is 2.58 bits per heavy atom. The van der Waals surface area contributed by atoms with Crippen LogP contribution in [0.1, 0.15) is 18.4 Å². The number of sulfonamides is 1. The number of carbonyl (C=O) groups excluding carboxylic acids is 1. The van der Waals surface area contributed by atoms with E-state index in [1.54, 1.807) is 11.0 Å². The second kappa shape index (κ2) is 7.45. The molecule has 26 heavy (non-hydrogen) atoms. The molecule has 0 saturated heterocycles. The number of amides is 1. The molecule has 0 unspecified atom stereocenters. The molecule has 0 radical (unpaired) electrons. The number of halogens is 1. The Bertz CT molecular complexity index is 915. The number of anilines is 2. The SMILES string of the molecule is CS(=O)(=O)N(CCCC(=O)N1CCc2ccccc21)c1ccccc1F. The first kappa shape index (κ1) is 18.4. The van der Waals surface area contributed by atoms with Crippen molar-refractivity contribution in [1.82, 2.24) is 0 Å². The normalized spacial score (nSPS) is 13.5. The van der Waals surface area contributed by atoms with E-state index in [2.05, 4.69) is 0 Å². The molecule has 138 valence electrons. The van der Waals surface area contributed by atoms with Crippen molar-refractivity contribution in [2.75, 3.05) is 28.6 Å². The van der Waals surface area contributed by atoms with Gasteiger partial charge in [0.25, 0.3) is 0 Å². The number of fused-ring (bicyclic) bond motifs is 1. The molecule has 0 aromatic heterocycles. The maximum absolute atomic E-state index is 14.0. The van der Waals surface area contributed by atoms with Crippen LogP contribution in [0.25, 0.3) is 0 Å². The molecule has 0 bridgehead atoms. The minimum atomic E-state index is -3.64. The first-order valence-corrected chi connectivity index (χ1v) is 10.3. The number of benzene rings is 2. The van der Waals surface area contributed by atoms with Gasteiger partial charge < -0.3 is 4.90 Å². The van der Waals surface area contributed by atoms with Crippen molar-refractivity contribution in [3.63, 3.8) is 0 Å². The van der Waals surface area contributed by atoms with Crippen LogP contribution in [0.5, 0.6) is 0 Å². The summed E-state index contributed by atoms with van der Waals surface area (Å²) < 4.78 is 39.1. The molecule has 0 atom stereocenters. The lowest BCUT2D eigenvalue weighted by molar-refractivity contribution is -0.118. The van der Waals surface area contributed by atoms with Gasteiger partial charge >= 0.3 is 0 Å². The van der Waals surface area contributed by atoms with E-state index in [0.717, 1.165) is 28.2 Å². The molecule has 2 aromatic carbocycles. The van der Waals surface area contributed by atoms with Crippen LogP contribution in [-0.4, -0.2) is 33.7 Å². The van der Waals surface area contributed by atoms with E-state index in [4.69, 9.17) is 0 Å². The zero-order valence-electron chi connectivity index (χ0n) is 14.6. The maximum Gasteiger partial charge on any atom is 0.232 e. The van der Waals surface area contributed by atoms with Gasteiger partial charge in [-0.1, -0.05) is 30.3 Å². The smallest absolute Gasteiger partial charge is 0.232 e. The van der Waals surface area contributed by atoms with E-state index < -0.39 is 15.8 Å². The minimum absolute atomic E-state index is 0.00830. The summed E-state index contributed by atoms with van der Waals surface area (Å²) in [6.07, 6.45) is 2.39. The van der Waals surface area contributed by atoms with E-state index in [0.29, 0.717) is 13.0 Å². The summed E-state index contributed by atoms with van der Waals surface area (Å²) in [5, 5.41) is 0. The van der Waals surface area contributed by atoms with Gasteiger partial charge in [0.05, 0.1) is 11.9 Å². The second-order valence-electron chi connectivity index (χ2n) is 6.31. The van der Waals surface area contributed by atoms with Gasteiger partial charge in [0.2, 0.25) is 15.9 Å². The molecule has 1 heterocycles. The highest BCUT2D eigenvalue weighted by Crippen LogP contribution is 2.28. The topological polar surface area (TPSA) is 57.7 Å². The fourth-order valence-electron chi connectivity index (χ4n) is 3.23. The van der Waals surface area contributed by atoms with Gasteiger partial charge in [-0.3, -0.25) is 9.10 Å². The summed E-state index contributed by atoms with van der Waals surface area (Å²) in [6, 6.07) is 13.5. The van der Waals surface area contributed by atoms with E-state index in [-0.39, 0.29) is 24.6 Å². The van der Waals surface area contributed by atoms with Gasteiger partial charge in [0.1, 0.15) is 5.82 Å². The predicted octanol–water partition coefficient (Wildman–Crippen LogP) is 2.96. The molecule has 0 spiro atoms. The van der Waals surface area contributed by atoms with Crippen molar-refractivity contribution >= 4 is 27.3 Å². The summed E-state index contributed by atoms with van der Waals surface area (Å²) in [5.41, 5.74) is 2.07. The minimum Gasteiger partial charge on any atom is -0.312 e. The quantitative estimate of drug-likeness (QED) is 0.779. The molecule has 5 nitrogen and oxygen atoms in total. The average Bonchev–Trinajstić information content (AvgIpc) is 3.03. The van der Waals surface area contributed by atoms with Gasteiger partial charge in [-0.25, -0.2) is 12.8 Å². The Hall–Kier alpha value is -2.41. The van der Waals surface area contributed by atoms with Crippen LogP contribution >= 0.6 is 0 Å². The summed E-state index contributed by atoms with van der Waals surface area (Å²) in [6.45, 7) is 0.697. The lowest BCUT2D eigenvalue weighted by atomic mass is 10.2. The van der Waals surface area contributed by atoms with E-state index in [1.165, 1.54) is 18.2 Å². The number of carbonyl (C=O) groups is 1. The third-order valence-corrected chi connectivity index (χ3v) is 5.64. The van der Waals surface area contributed by atoms with E-state index in [1.807, 2.05) is 24.3 Å². The van der Waals surface area contributed by atoms with Crippen molar-refractivity contribution in [2.45, 2.75) is 19.3 Å². The molecule has 3 rings (SSSR count). The van der Waals surface area contributed by atoms with Gasteiger partial charge in [-0.2, -0.15) is 0 Å². The highest BCUT2D eigenvalue weighted by atomic mass is 32.2. The summed E-state index contributed by atoms with van der Waals surface area (Å²) in [5.74, 6) is -0.644. The highest BCUT2D eigenvalue weighted by molar-refractivity contribution is 7.92. The molecular formula is C19H21FN2O3S. The predicted molar refractivity (Wildman–Crippen MR) is 100 cm³/mol. The number of hydrogen-bond acceptors (Lipinski definition) is 3. The lowest BCUT2D eigenvalue weighted by Gasteiger charge is -2.23. The molecule has 2 aromatic rings. The third-order valence-electron chi connectivity index (χ3n) is 4.46. The molecule has 0 fully saturated rings. The van der Waals surface area contributed by atoms with Gasteiger partial charge in [0.15, 0.2) is 0 Å². The standard InChI is InChI=1S/C19H21FN2O3S/c1-26(24,25)22(18-10-5-3-8-16(18)20)13-6-11-19(23)21-14-12-15-7-2-4-9-17(15)21/h2-5,7-10H,6,11-14H2,1H3. The molecule has 0 saturated carbocycles. The Kier molecular flexibility index (Phi) is 5.27. The molecule has 0 aliphatic carbocycles. The van der Waals surface area contributed by atoms with E-state index in [9.17, 15) is 17.6 Å². The van der Waals surface area contributed by atoms with Crippen LogP contribution in [0.2, 0.25) is 0 Å². The zero-order chi connectivity index (χ0) is 18.7. The van der Waals surface area contributed by atoms with Crippen molar-refractivity contribution in [3.05, 3.63) is 59.9 Å². The lowest BCUT2D eigenvalue weighted by Crippen LogP contribution is -2.33. The zero-order valence-corrected chi connectivity index (χ0v) is 15.4. The van der Waals surface area contributed by atoms with Crippen LogP contribution in [0.4, 0.5) is 15.8 Å². The van der Waals surface area contributed by atoms with Gasteiger partial charge in [-0.05, 0) is 36.6 Å². The number of hydrogen-bond donors (Lipinski definition) is 0. The fraction of sp³-hybridized carbons (Fsp3) is 0.316. The van der Waals surface area contributed by atoms with Crippen LogP contribution in [0.15, 0.2) is 48.5 Å². The Morgan fingerprint density at radius 1 is 1.15 bits per heavy atom. The number of para-hydroxylation sites is 2. The highest BCUT2D eigenvalue weighted by Gasteiger charge is 2.25. The van der Waals surface area contributed by atoms with Crippen LogP contribution in [0.3, 0.4) is 0 Å². The molecule has 1 amide bonds. The summed E-state index contributed by atoms with van der Waals surface area (Å²) >= 11 is 0.